The van der Waals surface area contributed by atoms with E-state index in [4.69, 9.17) is 0 Å². The first-order chi connectivity index (χ1) is 16.8. The SMILES string of the molecule is C=CCCNc1cc(F)ccc1CNC(=O)c1nc2n(c(=O)c1O)CCCCC2N(C)C(=O)C=C. The fourth-order valence-electron chi connectivity index (χ4n) is 4.03. The molecule has 0 aliphatic carbocycles. The van der Waals surface area contributed by atoms with E-state index in [9.17, 15) is 23.9 Å². The van der Waals surface area contributed by atoms with Crippen molar-refractivity contribution in [3.8, 4) is 5.75 Å². The third-order valence-corrected chi connectivity index (χ3v) is 5.96. The zero-order chi connectivity index (χ0) is 25.5. The predicted molar refractivity (Wildman–Crippen MR) is 131 cm³/mol. The van der Waals surface area contributed by atoms with E-state index in [-0.39, 0.29) is 18.3 Å². The third-order valence-electron chi connectivity index (χ3n) is 5.96. The lowest BCUT2D eigenvalue weighted by Gasteiger charge is -2.27. The number of halogens is 1. The summed E-state index contributed by atoms with van der Waals surface area (Å²) in [5.74, 6) is -2.05. The molecule has 0 fully saturated rings. The van der Waals surface area contributed by atoms with Crippen LogP contribution in [-0.2, 0) is 17.9 Å². The maximum absolute atomic E-state index is 13.7. The Bertz CT molecular complexity index is 1190. The first-order valence-corrected chi connectivity index (χ1v) is 11.4. The summed E-state index contributed by atoms with van der Waals surface area (Å²) < 4.78 is 15.1. The number of rotatable bonds is 9. The number of aromatic hydroxyl groups is 1. The van der Waals surface area contributed by atoms with Crippen LogP contribution >= 0.6 is 0 Å². The Balaban J connectivity index is 1.90. The van der Waals surface area contributed by atoms with Gasteiger partial charge in [-0.3, -0.25) is 19.0 Å². The standard InChI is InChI=1S/C25H30FN5O4/c1-4-6-12-27-18-14-17(26)11-10-16(18)15-28-24(34)21-22(33)25(35)31-13-8-7-9-19(23(31)29-21)30(3)20(32)5-2/h4-5,10-11,14,19,27,33H,1-2,6-9,12-13,15H2,3H3,(H,28,34). The maximum atomic E-state index is 13.7. The molecule has 1 aliphatic rings. The van der Waals surface area contributed by atoms with Crippen LogP contribution < -0.4 is 16.2 Å². The minimum atomic E-state index is -0.759. The largest absolute Gasteiger partial charge is 0.501 e. The summed E-state index contributed by atoms with van der Waals surface area (Å²) in [6, 6.07) is 3.59. The van der Waals surface area contributed by atoms with Crippen LogP contribution in [0.15, 0.2) is 48.3 Å². The third kappa shape index (κ3) is 5.76. The molecule has 3 rings (SSSR count). The average Bonchev–Trinajstić information content (AvgIpc) is 3.07. The fourth-order valence-corrected chi connectivity index (χ4v) is 4.03. The van der Waals surface area contributed by atoms with Gasteiger partial charge in [0.25, 0.3) is 11.5 Å². The Morgan fingerprint density at radius 3 is 2.83 bits per heavy atom. The molecule has 35 heavy (non-hydrogen) atoms. The molecule has 0 saturated carbocycles. The van der Waals surface area contributed by atoms with Gasteiger partial charge in [-0.25, -0.2) is 9.37 Å². The lowest BCUT2D eigenvalue weighted by molar-refractivity contribution is -0.127. The van der Waals surface area contributed by atoms with Gasteiger partial charge < -0.3 is 20.6 Å². The van der Waals surface area contributed by atoms with Gasteiger partial charge in [-0.15, -0.1) is 6.58 Å². The van der Waals surface area contributed by atoms with Gasteiger partial charge >= 0.3 is 0 Å². The number of fused-ring (bicyclic) bond motifs is 1. The van der Waals surface area contributed by atoms with Crippen LogP contribution in [0.4, 0.5) is 10.1 Å². The number of amides is 2. The summed E-state index contributed by atoms with van der Waals surface area (Å²) in [5.41, 5.74) is -0.0316. The van der Waals surface area contributed by atoms with Crippen LogP contribution in [0.25, 0.3) is 0 Å². The van der Waals surface area contributed by atoms with E-state index >= 15 is 0 Å². The normalized spacial score (nSPS) is 14.9. The Hall–Kier alpha value is -3.95. The van der Waals surface area contributed by atoms with Crippen molar-refractivity contribution in [2.24, 2.45) is 0 Å². The maximum Gasteiger partial charge on any atom is 0.296 e. The molecule has 0 spiro atoms. The summed E-state index contributed by atoms with van der Waals surface area (Å²) in [5, 5.41) is 16.2. The highest BCUT2D eigenvalue weighted by Crippen LogP contribution is 2.28. The molecule has 0 saturated heterocycles. The highest BCUT2D eigenvalue weighted by atomic mass is 19.1. The fraction of sp³-hybridized carbons (Fsp3) is 0.360. The monoisotopic (exact) mass is 483 g/mol. The van der Waals surface area contributed by atoms with Gasteiger partial charge in [0, 0.05) is 32.4 Å². The molecule has 2 heterocycles. The number of carbonyl (C=O) groups excluding carboxylic acids is 2. The van der Waals surface area contributed by atoms with E-state index in [0.29, 0.717) is 43.6 Å². The van der Waals surface area contributed by atoms with Crippen LogP contribution in [0.2, 0.25) is 0 Å². The van der Waals surface area contributed by atoms with E-state index in [1.165, 1.54) is 33.7 Å². The first-order valence-electron chi connectivity index (χ1n) is 11.4. The van der Waals surface area contributed by atoms with Gasteiger partial charge in [-0.05, 0) is 49.5 Å². The summed E-state index contributed by atoms with van der Waals surface area (Å²) in [6.45, 7) is 8.02. The molecule has 1 aromatic heterocycles. The topological polar surface area (TPSA) is 117 Å². The minimum Gasteiger partial charge on any atom is -0.501 e. The number of benzene rings is 1. The lowest BCUT2D eigenvalue weighted by Crippen LogP contribution is -2.36. The molecule has 1 aliphatic heterocycles. The van der Waals surface area contributed by atoms with E-state index in [1.807, 2.05) is 0 Å². The number of carbonyl (C=O) groups is 2. The molecule has 0 radical (unpaired) electrons. The Labute approximate surface area is 203 Å². The smallest absolute Gasteiger partial charge is 0.296 e. The highest BCUT2D eigenvalue weighted by Gasteiger charge is 2.30. The van der Waals surface area contributed by atoms with Gasteiger partial charge in [0.05, 0.1) is 6.04 Å². The zero-order valence-electron chi connectivity index (χ0n) is 19.7. The van der Waals surface area contributed by atoms with Crippen molar-refractivity contribution in [3.05, 3.63) is 76.8 Å². The second kappa shape index (κ2) is 11.5. The second-order valence-corrected chi connectivity index (χ2v) is 8.28. The molecule has 10 heteroatoms. The predicted octanol–water partition coefficient (Wildman–Crippen LogP) is 2.88. The Morgan fingerprint density at radius 2 is 2.11 bits per heavy atom. The summed E-state index contributed by atoms with van der Waals surface area (Å²) in [6.07, 6.45) is 5.51. The van der Waals surface area contributed by atoms with E-state index in [2.05, 4.69) is 28.8 Å². The van der Waals surface area contributed by atoms with Crippen molar-refractivity contribution in [1.29, 1.82) is 0 Å². The van der Waals surface area contributed by atoms with Gasteiger partial charge in [-0.2, -0.15) is 0 Å². The average molecular weight is 484 g/mol. The van der Waals surface area contributed by atoms with Crippen molar-refractivity contribution in [2.75, 3.05) is 18.9 Å². The number of nitrogens with zero attached hydrogens (tertiary/aromatic N) is 3. The first kappa shape index (κ1) is 25.7. The lowest BCUT2D eigenvalue weighted by atomic mass is 10.1. The quantitative estimate of drug-likeness (QED) is 0.287. The molecule has 2 amide bonds. The van der Waals surface area contributed by atoms with Crippen molar-refractivity contribution in [2.45, 2.75) is 44.8 Å². The van der Waals surface area contributed by atoms with Gasteiger partial charge in [0.1, 0.15) is 11.6 Å². The molecular weight excluding hydrogens is 453 g/mol. The van der Waals surface area contributed by atoms with Crippen LogP contribution in [0.5, 0.6) is 5.75 Å². The minimum absolute atomic E-state index is 0.00730. The molecule has 1 aromatic carbocycles. The van der Waals surface area contributed by atoms with Crippen molar-refractivity contribution < 1.29 is 19.1 Å². The molecule has 0 bridgehead atoms. The van der Waals surface area contributed by atoms with Crippen LogP contribution in [-0.4, -0.2) is 45.0 Å². The van der Waals surface area contributed by atoms with E-state index in [0.717, 1.165) is 6.42 Å². The van der Waals surface area contributed by atoms with E-state index < -0.39 is 34.8 Å². The number of aromatic nitrogens is 2. The van der Waals surface area contributed by atoms with Crippen LogP contribution in [0, 0.1) is 5.82 Å². The van der Waals surface area contributed by atoms with Crippen molar-refractivity contribution >= 4 is 17.5 Å². The summed E-state index contributed by atoms with van der Waals surface area (Å²) in [4.78, 5) is 43.9. The van der Waals surface area contributed by atoms with Crippen molar-refractivity contribution in [3.63, 3.8) is 0 Å². The number of nitrogens with one attached hydrogen (secondary N) is 2. The highest BCUT2D eigenvalue weighted by molar-refractivity contribution is 5.94. The molecule has 2 aromatic rings. The Kier molecular flexibility index (Phi) is 8.40. The van der Waals surface area contributed by atoms with Crippen molar-refractivity contribution in [1.82, 2.24) is 19.8 Å². The molecule has 1 atom stereocenters. The van der Waals surface area contributed by atoms with Crippen LogP contribution in [0.1, 0.15) is 53.6 Å². The van der Waals surface area contributed by atoms with Gasteiger partial charge in [0.15, 0.2) is 5.69 Å². The Morgan fingerprint density at radius 1 is 1.34 bits per heavy atom. The number of likely N-dealkylation sites (N-methyl/N-ethyl adjacent to an activating group) is 1. The molecule has 1 unspecified atom stereocenters. The second-order valence-electron chi connectivity index (χ2n) is 8.28. The number of hydrogen-bond acceptors (Lipinski definition) is 6. The van der Waals surface area contributed by atoms with E-state index in [1.54, 1.807) is 13.1 Å². The number of hydrogen-bond donors (Lipinski definition) is 3. The molecule has 3 N–H and O–H groups in total. The van der Waals surface area contributed by atoms with Gasteiger partial charge in [-0.1, -0.05) is 18.7 Å². The summed E-state index contributed by atoms with van der Waals surface area (Å²) >= 11 is 0. The molecular formula is C25H30FN5O4. The van der Waals surface area contributed by atoms with Gasteiger partial charge in [0.2, 0.25) is 11.7 Å². The number of anilines is 1. The molecule has 9 nitrogen and oxygen atoms in total. The summed E-state index contributed by atoms with van der Waals surface area (Å²) in [7, 11) is 1.58. The zero-order valence-corrected chi connectivity index (χ0v) is 19.7. The molecule has 186 valence electrons. The van der Waals surface area contributed by atoms with Crippen LogP contribution in [0.3, 0.4) is 0 Å².